The van der Waals surface area contributed by atoms with Gasteiger partial charge in [0, 0.05) is 10.9 Å². The fourth-order valence-electron chi connectivity index (χ4n) is 3.06. The number of hydrogen-bond acceptors (Lipinski definition) is 3. The van der Waals surface area contributed by atoms with E-state index in [1.165, 1.54) is 36.8 Å². The van der Waals surface area contributed by atoms with Gasteiger partial charge in [0.25, 0.3) is 0 Å². The van der Waals surface area contributed by atoms with Gasteiger partial charge in [-0.2, -0.15) is 0 Å². The summed E-state index contributed by atoms with van der Waals surface area (Å²) in [6.45, 7) is 2.14. The van der Waals surface area contributed by atoms with E-state index >= 15 is 0 Å². The normalized spacial score (nSPS) is 18.7. The molecule has 2 N–H and O–H groups in total. The smallest absolute Gasteiger partial charge is 0.113 e. The van der Waals surface area contributed by atoms with Crippen LogP contribution in [0.2, 0.25) is 0 Å². The summed E-state index contributed by atoms with van der Waals surface area (Å²) in [5.74, 6) is 0. The molecule has 0 atom stereocenters. The molecule has 0 saturated heterocycles. The molecule has 1 aliphatic rings. The van der Waals surface area contributed by atoms with E-state index in [1.807, 2.05) is 0 Å². The molecule has 2 nitrogen and oxygen atoms in total. The molecule has 0 amide bonds. The van der Waals surface area contributed by atoms with Crippen molar-refractivity contribution >= 4 is 11.3 Å². The minimum atomic E-state index is -0.192. The highest BCUT2D eigenvalue weighted by Crippen LogP contribution is 2.37. The lowest BCUT2D eigenvalue weighted by atomic mass is 9.92. The number of rotatable bonds is 2. The molecule has 106 valence electrons. The van der Waals surface area contributed by atoms with Gasteiger partial charge in [0.05, 0.1) is 11.2 Å². The standard InChI is InChI=1S/C17H22N2S/c1-13-8-4-5-9-14(13)15-12-20-16(19-15)17(18)10-6-2-3-7-11-17/h4-5,8-9,12H,2-3,6-7,10-11,18H2,1H3. The second kappa shape index (κ2) is 5.66. The Hall–Kier alpha value is -1.19. The molecule has 0 aliphatic heterocycles. The molecule has 1 heterocycles. The fraction of sp³-hybridized carbons (Fsp3) is 0.471. The van der Waals surface area contributed by atoms with Crippen LogP contribution in [0.4, 0.5) is 0 Å². The Morgan fingerprint density at radius 1 is 1.10 bits per heavy atom. The molecule has 2 aromatic rings. The van der Waals surface area contributed by atoms with Gasteiger partial charge in [0.1, 0.15) is 5.01 Å². The zero-order chi connectivity index (χ0) is 14.0. The lowest BCUT2D eigenvalue weighted by molar-refractivity contribution is 0.384. The molecule has 3 heteroatoms. The van der Waals surface area contributed by atoms with Gasteiger partial charge in [-0.3, -0.25) is 0 Å². The molecule has 0 bridgehead atoms. The van der Waals surface area contributed by atoms with E-state index in [-0.39, 0.29) is 5.54 Å². The first kappa shape index (κ1) is 13.8. The maximum absolute atomic E-state index is 6.66. The summed E-state index contributed by atoms with van der Waals surface area (Å²) in [6, 6.07) is 8.43. The van der Waals surface area contributed by atoms with Crippen molar-refractivity contribution in [3.8, 4) is 11.3 Å². The van der Waals surface area contributed by atoms with Gasteiger partial charge >= 0.3 is 0 Å². The van der Waals surface area contributed by atoms with E-state index in [0.717, 1.165) is 23.5 Å². The zero-order valence-corrected chi connectivity index (χ0v) is 12.9. The minimum Gasteiger partial charge on any atom is -0.319 e. The van der Waals surface area contributed by atoms with E-state index in [4.69, 9.17) is 10.7 Å². The van der Waals surface area contributed by atoms with Crippen molar-refractivity contribution in [2.45, 2.75) is 51.0 Å². The fourth-order valence-corrected chi connectivity index (χ4v) is 4.05. The Morgan fingerprint density at radius 2 is 1.80 bits per heavy atom. The number of hydrogen-bond donors (Lipinski definition) is 1. The molecule has 1 fully saturated rings. The first-order chi connectivity index (χ1) is 9.69. The molecule has 3 rings (SSSR count). The van der Waals surface area contributed by atoms with Crippen LogP contribution < -0.4 is 5.73 Å². The molecule has 0 unspecified atom stereocenters. The van der Waals surface area contributed by atoms with Crippen molar-refractivity contribution in [2.24, 2.45) is 5.73 Å². The van der Waals surface area contributed by atoms with E-state index in [9.17, 15) is 0 Å². The second-order valence-electron chi connectivity index (χ2n) is 5.92. The van der Waals surface area contributed by atoms with Crippen LogP contribution in [0, 0.1) is 6.92 Å². The van der Waals surface area contributed by atoms with E-state index in [0.29, 0.717) is 0 Å². The van der Waals surface area contributed by atoms with Crippen LogP contribution in [-0.4, -0.2) is 4.98 Å². The number of benzene rings is 1. The van der Waals surface area contributed by atoms with Crippen molar-refractivity contribution < 1.29 is 0 Å². The molecule has 1 aromatic carbocycles. The van der Waals surface area contributed by atoms with E-state index in [1.54, 1.807) is 11.3 Å². The first-order valence-electron chi connectivity index (χ1n) is 7.50. The summed E-state index contributed by atoms with van der Waals surface area (Å²) in [5, 5.41) is 3.29. The van der Waals surface area contributed by atoms with Gasteiger partial charge < -0.3 is 5.73 Å². The van der Waals surface area contributed by atoms with Crippen LogP contribution in [0.5, 0.6) is 0 Å². The predicted molar refractivity (Wildman–Crippen MR) is 85.9 cm³/mol. The monoisotopic (exact) mass is 286 g/mol. The zero-order valence-electron chi connectivity index (χ0n) is 12.1. The topological polar surface area (TPSA) is 38.9 Å². The van der Waals surface area contributed by atoms with Crippen molar-refractivity contribution in [3.63, 3.8) is 0 Å². The third-order valence-electron chi connectivity index (χ3n) is 4.35. The molecule has 0 radical (unpaired) electrons. The summed E-state index contributed by atoms with van der Waals surface area (Å²) in [4.78, 5) is 4.87. The van der Waals surface area contributed by atoms with Gasteiger partial charge in [-0.05, 0) is 25.3 Å². The summed E-state index contributed by atoms with van der Waals surface area (Å²) in [7, 11) is 0. The lowest BCUT2D eigenvalue weighted by Gasteiger charge is -2.25. The average Bonchev–Trinajstić information content (AvgIpc) is 2.84. The van der Waals surface area contributed by atoms with Gasteiger partial charge in [-0.15, -0.1) is 11.3 Å². The summed E-state index contributed by atoms with van der Waals surface area (Å²) in [6.07, 6.45) is 7.25. The van der Waals surface area contributed by atoms with Gasteiger partial charge in [-0.25, -0.2) is 4.98 Å². The molecular formula is C17H22N2S. The van der Waals surface area contributed by atoms with Crippen LogP contribution in [0.25, 0.3) is 11.3 Å². The summed E-state index contributed by atoms with van der Waals surface area (Å²) in [5.41, 5.74) is 10.0. The van der Waals surface area contributed by atoms with Crippen molar-refractivity contribution in [1.82, 2.24) is 4.98 Å². The Bertz CT molecular complexity index is 580. The van der Waals surface area contributed by atoms with Crippen LogP contribution in [0.3, 0.4) is 0 Å². The number of thiazole rings is 1. The Kier molecular flexibility index (Phi) is 3.90. The van der Waals surface area contributed by atoms with Gasteiger partial charge in [0.2, 0.25) is 0 Å². The maximum Gasteiger partial charge on any atom is 0.113 e. The van der Waals surface area contributed by atoms with Crippen LogP contribution in [-0.2, 0) is 5.54 Å². The summed E-state index contributed by atoms with van der Waals surface area (Å²) < 4.78 is 0. The highest BCUT2D eigenvalue weighted by molar-refractivity contribution is 7.10. The highest BCUT2D eigenvalue weighted by Gasteiger charge is 2.31. The third-order valence-corrected chi connectivity index (χ3v) is 5.41. The Labute approximate surface area is 125 Å². The minimum absolute atomic E-state index is 0.192. The average molecular weight is 286 g/mol. The van der Waals surface area contributed by atoms with Gasteiger partial charge in [-0.1, -0.05) is 49.9 Å². The molecule has 1 saturated carbocycles. The third kappa shape index (κ3) is 2.65. The number of nitrogens with two attached hydrogens (primary N) is 1. The van der Waals surface area contributed by atoms with Crippen molar-refractivity contribution in [3.05, 3.63) is 40.2 Å². The number of nitrogens with zero attached hydrogens (tertiary/aromatic N) is 1. The van der Waals surface area contributed by atoms with Crippen molar-refractivity contribution in [1.29, 1.82) is 0 Å². The number of aromatic nitrogens is 1. The largest absolute Gasteiger partial charge is 0.319 e. The molecule has 1 aliphatic carbocycles. The second-order valence-corrected chi connectivity index (χ2v) is 6.78. The Balaban J connectivity index is 1.92. The van der Waals surface area contributed by atoms with E-state index < -0.39 is 0 Å². The maximum atomic E-state index is 6.66. The lowest BCUT2D eigenvalue weighted by Crippen LogP contribution is -2.35. The van der Waals surface area contributed by atoms with Crippen LogP contribution in [0.15, 0.2) is 29.6 Å². The SMILES string of the molecule is Cc1ccccc1-c1csc(C2(N)CCCCCC2)n1. The van der Waals surface area contributed by atoms with Crippen LogP contribution in [0.1, 0.15) is 49.1 Å². The highest BCUT2D eigenvalue weighted by atomic mass is 32.1. The van der Waals surface area contributed by atoms with Gasteiger partial charge in [0.15, 0.2) is 0 Å². The summed E-state index contributed by atoms with van der Waals surface area (Å²) >= 11 is 1.73. The first-order valence-corrected chi connectivity index (χ1v) is 8.38. The molecule has 1 aromatic heterocycles. The number of aryl methyl sites for hydroxylation is 1. The van der Waals surface area contributed by atoms with Crippen molar-refractivity contribution in [2.75, 3.05) is 0 Å². The van der Waals surface area contributed by atoms with E-state index in [2.05, 4.69) is 36.6 Å². The molecular weight excluding hydrogens is 264 g/mol. The Morgan fingerprint density at radius 3 is 2.50 bits per heavy atom. The predicted octanol–water partition coefficient (Wildman–Crippen LogP) is 4.63. The molecule has 0 spiro atoms. The van der Waals surface area contributed by atoms with Crippen LogP contribution >= 0.6 is 11.3 Å². The molecule has 20 heavy (non-hydrogen) atoms. The quantitative estimate of drug-likeness (QED) is 0.818.